The minimum atomic E-state index is -0.293. The maximum atomic E-state index is 12.8. The third kappa shape index (κ3) is 6.45. The fourth-order valence-corrected chi connectivity index (χ4v) is 4.22. The summed E-state index contributed by atoms with van der Waals surface area (Å²) in [6.07, 6.45) is 0.648. The molecule has 0 heterocycles. The molecule has 0 saturated carbocycles. The molecule has 178 valence electrons. The maximum absolute atomic E-state index is 12.8. The van der Waals surface area contributed by atoms with E-state index in [9.17, 15) is 9.59 Å². The lowest BCUT2D eigenvalue weighted by Gasteiger charge is -2.16. The highest BCUT2D eigenvalue weighted by Gasteiger charge is 2.19. The lowest BCUT2D eigenvalue weighted by Crippen LogP contribution is -2.24. The molecule has 1 atom stereocenters. The first-order valence-electron chi connectivity index (χ1n) is 10.7. The predicted octanol–water partition coefficient (Wildman–Crippen LogP) is 5.47. The molecule has 0 aromatic heterocycles. The maximum Gasteiger partial charge on any atom is 0.255 e. The molecule has 0 aliphatic carbocycles. The molecule has 3 rings (SSSR count). The molecule has 7 nitrogen and oxygen atoms in total. The van der Waals surface area contributed by atoms with Gasteiger partial charge in [-0.05, 0) is 67.1 Å². The van der Waals surface area contributed by atoms with Gasteiger partial charge in [0.05, 0.1) is 26.6 Å². The number of ether oxygens (including phenoxy) is 3. The van der Waals surface area contributed by atoms with E-state index in [1.165, 1.54) is 18.9 Å². The predicted molar refractivity (Wildman–Crippen MR) is 136 cm³/mol. The van der Waals surface area contributed by atoms with E-state index in [1.54, 1.807) is 62.8 Å². The third-order valence-corrected chi connectivity index (χ3v) is 6.39. The van der Waals surface area contributed by atoms with E-state index in [2.05, 4.69) is 10.6 Å². The van der Waals surface area contributed by atoms with Crippen LogP contribution in [0.1, 0.15) is 23.7 Å². The Kier molecular flexibility index (Phi) is 8.81. The van der Waals surface area contributed by atoms with Crippen LogP contribution in [0.2, 0.25) is 0 Å². The van der Waals surface area contributed by atoms with Crippen LogP contribution in [0.4, 0.5) is 11.4 Å². The second-order valence-electron chi connectivity index (χ2n) is 7.28. The Bertz CT molecular complexity index is 1130. The van der Waals surface area contributed by atoms with Crippen LogP contribution in [-0.2, 0) is 4.79 Å². The molecule has 8 heteroatoms. The molecule has 0 bridgehead atoms. The largest absolute Gasteiger partial charge is 0.497 e. The van der Waals surface area contributed by atoms with E-state index in [4.69, 9.17) is 14.2 Å². The molecule has 0 radical (unpaired) electrons. The van der Waals surface area contributed by atoms with Crippen molar-refractivity contribution < 1.29 is 23.8 Å². The van der Waals surface area contributed by atoms with Crippen molar-refractivity contribution in [2.24, 2.45) is 0 Å². The SMILES string of the molecule is CCC(Sc1cccc(NC(=O)c2ccc(OC)c(OC)c2)c1)C(=O)Nc1ccc(OC)cc1. The van der Waals surface area contributed by atoms with Crippen LogP contribution in [-0.4, -0.2) is 38.4 Å². The number of rotatable bonds is 10. The first kappa shape index (κ1) is 25.0. The van der Waals surface area contributed by atoms with Crippen LogP contribution in [0.15, 0.2) is 71.6 Å². The molecule has 3 aromatic rings. The third-order valence-electron chi connectivity index (χ3n) is 5.04. The number of hydrogen-bond donors (Lipinski definition) is 2. The summed E-state index contributed by atoms with van der Waals surface area (Å²) in [6.45, 7) is 1.97. The van der Waals surface area contributed by atoms with Crippen LogP contribution < -0.4 is 24.8 Å². The lowest BCUT2D eigenvalue weighted by molar-refractivity contribution is -0.115. The number of thioether (sulfide) groups is 1. The van der Waals surface area contributed by atoms with Crippen LogP contribution in [0.25, 0.3) is 0 Å². The number of methoxy groups -OCH3 is 3. The molecule has 0 spiro atoms. The highest BCUT2D eigenvalue weighted by Crippen LogP contribution is 2.30. The first-order valence-corrected chi connectivity index (χ1v) is 11.6. The zero-order valence-corrected chi connectivity index (χ0v) is 20.4. The summed E-state index contributed by atoms with van der Waals surface area (Å²) in [4.78, 5) is 26.4. The van der Waals surface area contributed by atoms with Gasteiger partial charge in [-0.3, -0.25) is 9.59 Å². The van der Waals surface area contributed by atoms with Crippen LogP contribution in [0.5, 0.6) is 17.2 Å². The molecule has 0 fully saturated rings. The Morgan fingerprint density at radius 3 is 2.21 bits per heavy atom. The summed E-state index contributed by atoms with van der Waals surface area (Å²) in [5.74, 6) is 1.40. The minimum absolute atomic E-state index is 0.0857. The van der Waals surface area contributed by atoms with Crippen molar-refractivity contribution in [3.05, 3.63) is 72.3 Å². The van der Waals surface area contributed by atoms with Gasteiger partial charge in [0.1, 0.15) is 5.75 Å². The lowest BCUT2D eigenvalue weighted by atomic mass is 10.2. The number of nitrogens with one attached hydrogen (secondary N) is 2. The van der Waals surface area contributed by atoms with E-state index < -0.39 is 0 Å². The summed E-state index contributed by atoms with van der Waals surface area (Å²) in [7, 11) is 4.67. The normalized spacial score (nSPS) is 11.3. The fraction of sp³-hybridized carbons (Fsp3) is 0.231. The van der Waals surface area contributed by atoms with Gasteiger partial charge in [-0.1, -0.05) is 13.0 Å². The number of anilines is 2. The standard InChI is InChI=1S/C26H28N2O5S/c1-5-24(26(30)27-18-10-12-20(31-2)13-11-18)34-21-8-6-7-19(16-21)28-25(29)17-9-14-22(32-3)23(15-17)33-4/h6-16,24H,5H2,1-4H3,(H,27,30)(H,28,29). The minimum Gasteiger partial charge on any atom is -0.497 e. The van der Waals surface area contributed by atoms with Crippen molar-refractivity contribution in [3.63, 3.8) is 0 Å². The number of carbonyl (C=O) groups excluding carboxylic acids is 2. The Morgan fingerprint density at radius 1 is 0.824 bits per heavy atom. The van der Waals surface area contributed by atoms with Crippen molar-refractivity contribution in [2.75, 3.05) is 32.0 Å². The van der Waals surface area contributed by atoms with Crippen molar-refractivity contribution >= 4 is 35.0 Å². The highest BCUT2D eigenvalue weighted by molar-refractivity contribution is 8.00. The summed E-state index contributed by atoms with van der Waals surface area (Å²) in [5, 5.41) is 5.55. The van der Waals surface area contributed by atoms with Crippen LogP contribution in [0.3, 0.4) is 0 Å². The van der Waals surface area contributed by atoms with E-state index in [1.807, 2.05) is 25.1 Å². The molecule has 3 aromatic carbocycles. The molecule has 2 N–H and O–H groups in total. The van der Waals surface area contributed by atoms with Crippen LogP contribution >= 0.6 is 11.8 Å². The monoisotopic (exact) mass is 480 g/mol. The summed E-state index contributed by atoms with van der Waals surface area (Å²) < 4.78 is 15.7. The molecule has 2 amide bonds. The van der Waals surface area contributed by atoms with Gasteiger partial charge in [-0.2, -0.15) is 0 Å². The fourth-order valence-electron chi connectivity index (χ4n) is 3.21. The Labute approximate surface area is 203 Å². The second-order valence-corrected chi connectivity index (χ2v) is 8.56. The smallest absolute Gasteiger partial charge is 0.255 e. The van der Waals surface area contributed by atoms with Gasteiger partial charge in [0, 0.05) is 21.8 Å². The average molecular weight is 481 g/mol. The van der Waals surface area contributed by atoms with E-state index in [0.29, 0.717) is 34.9 Å². The van der Waals surface area contributed by atoms with Crippen molar-refractivity contribution in [1.29, 1.82) is 0 Å². The molecular formula is C26H28N2O5S. The van der Waals surface area contributed by atoms with Gasteiger partial charge in [-0.15, -0.1) is 11.8 Å². The zero-order valence-electron chi connectivity index (χ0n) is 19.6. The molecule has 34 heavy (non-hydrogen) atoms. The number of amides is 2. The van der Waals surface area contributed by atoms with Gasteiger partial charge < -0.3 is 24.8 Å². The molecule has 0 aliphatic heterocycles. The van der Waals surface area contributed by atoms with E-state index in [-0.39, 0.29) is 17.1 Å². The average Bonchev–Trinajstić information content (AvgIpc) is 2.87. The second kappa shape index (κ2) is 12.0. The Balaban J connectivity index is 1.66. The Hall–Kier alpha value is -3.65. The summed E-state index contributed by atoms with van der Waals surface area (Å²) >= 11 is 1.45. The number of carbonyl (C=O) groups is 2. The Morgan fingerprint density at radius 2 is 1.56 bits per heavy atom. The highest BCUT2D eigenvalue weighted by atomic mass is 32.2. The van der Waals surface area contributed by atoms with E-state index in [0.717, 1.165) is 10.6 Å². The van der Waals surface area contributed by atoms with E-state index >= 15 is 0 Å². The van der Waals surface area contributed by atoms with Gasteiger partial charge in [0.2, 0.25) is 5.91 Å². The first-order chi connectivity index (χ1) is 16.5. The summed E-state index contributed by atoms with van der Waals surface area (Å²) in [5.41, 5.74) is 1.79. The van der Waals surface area contributed by atoms with Gasteiger partial charge in [0.15, 0.2) is 11.5 Å². The molecule has 0 aliphatic rings. The summed E-state index contributed by atoms with van der Waals surface area (Å²) in [6, 6.07) is 19.6. The number of benzene rings is 3. The quantitative estimate of drug-likeness (QED) is 0.374. The molecule has 0 saturated heterocycles. The van der Waals surface area contributed by atoms with Crippen LogP contribution in [0, 0.1) is 0 Å². The van der Waals surface area contributed by atoms with Gasteiger partial charge in [-0.25, -0.2) is 0 Å². The number of hydrogen-bond acceptors (Lipinski definition) is 6. The zero-order chi connectivity index (χ0) is 24.5. The molecule has 1 unspecified atom stereocenters. The van der Waals surface area contributed by atoms with Gasteiger partial charge in [0.25, 0.3) is 5.91 Å². The molecular weight excluding hydrogens is 452 g/mol. The van der Waals surface area contributed by atoms with Crippen molar-refractivity contribution in [1.82, 2.24) is 0 Å². The van der Waals surface area contributed by atoms with Crippen molar-refractivity contribution in [3.8, 4) is 17.2 Å². The van der Waals surface area contributed by atoms with Gasteiger partial charge >= 0.3 is 0 Å². The topological polar surface area (TPSA) is 85.9 Å². The van der Waals surface area contributed by atoms with Crippen molar-refractivity contribution in [2.45, 2.75) is 23.5 Å².